The van der Waals surface area contributed by atoms with Gasteiger partial charge < -0.3 is 10.6 Å². The lowest BCUT2D eigenvalue weighted by molar-refractivity contribution is 0.0994. The molecule has 0 saturated carbocycles. The van der Waals surface area contributed by atoms with E-state index in [2.05, 4.69) is 40.9 Å². The molecule has 1 fully saturated rings. The van der Waals surface area contributed by atoms with Crippen LogP contribution in [-0.4, -0.2) is 53.5 Å². The van der Waals surface area contributed by atoms with Gasteiger partial charge in [-0.3, -0.25) is 9.88 Å². The predicted molar refractivity (Wildman–Crippen MR) is 83.5 cm³/mol. The topological polar surface area (TPSA) is 45.4 Å². The van der Waals surface area contributed by atoms with E-state index in [1.165, 1.54) is 31.4 Å². The molecule has 0 spiro atoms. The van der Waals surface area contributed by atoms with E-state index in [1.807, 2.05) is 12.4 Å². The highest BCUT2D eigenvalue weighted by Gasteiger charge is 2.34. The van der Waals surface area contributed by atoms with E-state index in [-0.39, 0.29) is 5.54 Å². The first-order chi connectivity index (χ1) is 9.70. The summed E-state index contributed by atoms with van der Waals surface area (Å²) in [6.07, 6.45) is 7.33. The van der Waals surface area contributed by atoms with E-state index in [4.69, 9.17) is 5.73 Å². The van der Waals surface area contributed by atoms with Crippen molar-refractivity contribution in [1.29, 1.82) is 0 Å². The number of rotatable bonds is 5. The Bertz CT molecular complexity index is 395. The molecule has 4 nitrogen and oxygen atoms in total. The molecule has 1 aromatic heterocycles. The van der Waals surface area contributed by atoms with Gasteiger partial charge >= 0.3 is 0 Å². The molecule has 0 amide bonds. The lowest BCUT2D eigenvalue weighted by Gasteiger charge is -2.41. The van der Waals surface area contributed by atoms with Crippen LogP contribution in [0.25, 0.3) is 0 Å². The Morgan fingerprint density at radius 3 is 2.70 bits per heavy atom. The Kier molecular flexibility index (Phi) is 5.52. The van der Waals surface area contributed by atoms with Crippen LogP contribution in [0.2, 0.25) is 0 Å². The van der Waals surface area contributed by atoms with Crippen LogP contribution in [0.15, 0.2) is 24.5 Å². The fourth-order valence-electron chi connectivity index (χ4n) is 3.22. The third kappa shape index (κ3) is 3.57. The second-order valence-electron chi connectivity index (χ2n) is 5.93. The van der Waals surface area contributed by atoms with Gasteiger partial charge in [-0.25, -0.2) is 0 Å². The van der Waals surface area contributed by atoms with Crippen LogP contribution in [0.4, 0.5) is 0 Å². The summed E-state index contributed by atoms with van der Waals surface area (Å²) in [4.78, 5) is 9.09. The zero-order valence-corrected chi connectivity index (χ0v) is 12.9. The van der Waals surface area contributed by atoms with Crippen molar-refractivity contribution >= 4 is 0 Å². The Morgan fingerprint density at radius 2 is 2.05 bits per heavy atom. The molecule has 1 atom stereocenters. The number of pyridine rings is 1. The maximum absolute atomic E-state index is 6.18. The van der Waals surface area contributed by atoms with Crippen molar-refractivity contribution in [1.82, 2.24) is 14.8 Å². The average Bonchev–Trinajstić information content (AvgIpc) is 2.71. The molecule has 0 aromatic carbocycles. The first kappa shape index (κ1) is 15.4. The Hall–Kier alpha value is -0.970. The molecule has 112 valence electrons. The summed E-state index contributed by atoms with van der Waals surface area (Å²) < 4.78 is 0. The predicted octanol–water partition coefficient (Wildman–Crippen LogP) is 1.72. The molecule has 0 radical (unpaired) electrons. The molecule has 2 rings (SSSR count). The van der Waals surface area contributed by atoms with Gasteiger partial charge in [0.25, 0.3) is 0 Å². The fourth-order valence-corrected chi connectivity index (χ4v) is 3.22. The minimum atomic E-state index is 0.146. The van der Waals surface area contributed by atoms with Gasteiger partial charge in [0, 0.05) is 31.0 Å². The molecular formula is C16H28N4. The molecule has 2 heterocycles. The minimum absolute atomic E-state index is 0.146. The van der Waals surface area contributed by atoms with Gasteiger partial charge in [0.05, 0.1) is 0 Å². The summed E-state index contributed by atoms with van der Waals surface area (Å²) in [7, 11) is 2.22. The van der Waals surface area contributed by atoms with Crippen LogP contribution in [0.3, 0.4) is 0 Å². The van der Waals surface area contributed by atoms with E-state index >= 15 is 0 Å². The molecule has 0 aliphatic carbocycles. The largest absolute Gasteiger partial charge is 0.329 e. The lowest BCUT2D eigenvalue weighted by Crippen LogP contribution is -2.52. The molecule has 2 N–H and O–H groups in total. The van der Waals surface area contributed by atoms with Crippen LogP contribution in [0.1, 0.15) is 31.7 Å². The monoisotopic (exact) mass is 276 g/mol. The summed E-state index contributed by atoms with van der Waals surface area (Å²) >= 11 is 0. The SMILES string of the molecule is CCN1CCCC(CN)(N(C)Cc2ccncc2)CC1. The number of hydrogen-bond donors (Lipinski definition) is 1. The number of likely N-dealkylation sites (N-methyl/N-ethyl adjacent to an activating group) is 1. The Labute approximate surface area is 123 Å². The molecule has 4 heteroatoms. The van der Waals surface area contributed by atoms with Crippen molar-refractivity contribution < 1.29 is 0 Å². The van der Waals surface area contributed by atoms with Crippen LogP contribution in [-0.2, 0) is 6.54 Å². The van der Waals surface area contributed by atoms with Crippen molar-refractivity contribution in [2.45, 2.75) is 38.3 Å². The molecule has 1 aliphatic rings. The first-order valence-electron chi connectivity index (χ1n) is 7.73. The quantitative estimate of drug-likeness (QED) is 0.889. The number of nitrogens with zero attached hydrogens (tertiary/aromatic N) is 3. The smallest absolute Gasteiger partial charge is 0.0344 e. The fraction of sp³-hybridized carbons (Fsp3) is 0.688. The van der Waals surface area contributed by atoms with Gasteiger partial charge in [-0.05, 0) is 63.6 Å². The minimum Gasteiger partial charge on any atom is -0.329 e. The van der Waals surface area contributed by atoms with E-state index in [1.54, 1.807) is 0 Å². The summed E-state index contributed by atoms with van der Waals surface area (Å²) in [5, 5.41) is 0. The van der Waals surface area contributed by atoms with Gasteiger partial charge in [-0.1, -0.05) is 6.92 Å². The molecule has 0 bridgehead atoms. The number of hydrogen-bond acceptors (Lipinski definition) is 4. The summed E-state index contributed by atoms with van der Waals surface area (Å²) in [5.41, 5.74) is 7.63. The normalized spacial score (nSPS) is 24.8. The van der Waals surface area contributed by atoms with Crippen molar-refractivity contribution in [3.63, 3.8) is 0 Å². The van der Waals surface area contributed by atoms with Gasteiger partial charge in [-0.2, -0.15) is 0 Å². The third-order valence-electron chi connectivity index (χ3n) is 4.82. The number of likely N-dealkylation sites (tertiary alicyclic amines) is 1. The average molecular weight is 276 g/mol. The maximum atomic E-state index is 6.18. The maximum Gasteiger partial charge on any atom is 0.0344 e. The van der Waals surface area contributed by atoms with E-state index in [0.29, 0.717) is 0 Å². The van der Waals surface area contributed by atoms with Gasteiger partial charge in [0.2, 0.25) is 0 Å². The lowest BCUT2D eigenvalue weighted by atomic mass is 9.88. The molecule has 1 unspecified atom stereocenters. The molecular weight excluding hydrogens is 248 g/mol. The Balaban J connectivity index is 2.05. The third-order valence-corrected chi connectivity index (χ3v) is 4.82. The van der Waals surface area contributed by atoms with Crippen molar-refractivity contribution in [3.05, 3.63) is 30.1 Å². The summed E-state index contributed by atoms with van der Waals surface area (Å²) in [6, 6.07) is 4.19. The van der Waals surface area contributed by atoms with Crippen LogP contribution in [0, 0.1) is 0 Å². The highest BCUT2D eigenvalue weighted by atomic mass is 15.2. The molecule has 20 heavy (non-hydrogen) atoms. The Morgan fingerprint density at radius 1 is 1.30 bits per heavy atom. The second kappa shape index (κ2) is 7.16. The second-order valence-corrected chi connectivity index (χ2v) is 5.93. The summed E-state index contributed by atoms with van der Waals surface area (Å²) in [6.45, 7) is 7.46. The van der Waals surface area contributed by atoms with Gasteiger partial charge in [0.15, 0.2) is 0 Å². The van der Waals surface area contributed by atoms with Crippen LogP contribution < -0.4 is 5.73 Å². The van der Waals surface area contributed by atoms with Gasteiger partial charge in [0.1, 0.15) is 0 Å². The van der Waals surface area contributed by atoms with Gasteiger partial charge in [-0.15, -0.1) is 0 Å². The van der Waals surface area contributed by atoms with E-state index < -0.39 is 0 Å². The standard InChI is InChI=1S/C16H28N4/c1-3-20-11-4-7-16(14-17,8-12-20)19(2)13-15-5-9-18-10-6-15/h5-6,9-10H,3-4,7-8,11-14,17H2,1-2H3. The zero-order valence-electron chi connectivity index (χ0n) is 12.9. The van der Waals surface area contributed by atoms with E-state index in [9.17, 15) is 0 Å². The molecule has 1 aliphatic heterocycles. The summed E-state index contributed by atoms with van der Waals surface area (Å²) in [5.74, 6) is 0. The zero-order chi connectivity index (χ0) is 14.4. The number of aromatic nitrogens is 1. The van der Waals surface area contributed by atoms with Crippen LogP contribution in [0.5, 0.6) is 0 Å². The molecule has 1 aromatic rings. The van der Waals surface area contributed by atoms with Crippen molar-refractivity contribution in [2.75, 3.05) is 33.2 Å². The number of nitrogens with two attached hydrogens (primary N) is 1. The highest BCUT2D eigenvalue weighted by Crippen LogP contribution is 2.28. The molecule has 1 saturated heterocycles. The highest BCUT2D eigenvalue weighted by molar-refractivity contribution is 5.10. The van der Waals surface area contributed by atoms with Crippen molar-refractivity contribution in [2.24, 2.45) is 5.73 Å². The van der Waals surface area contributed by atoms with E-state index in [0.717, 1.165) is 26.2 Å². The van der Waals surface area contributed by atoms with Crippen molar-refractivity contribution in [3.8, 4) is 0 Å². The van der Waals surface area contributed by atoms with Crippen LogP contribution >= 0.6 is 0 Å². The first-order valence-corrected chi connectivity index (χ1v) is 7.73.